The Labute approximate surface area is 170 Å². The number of aromatic nitrogens is 2. The van der Waals surface area contributed by atoms with Crippen molar-refractivity contribution in [1.82, 2.24) is 9.55 Å². The highest BCUT2D eigenvalue weighted by Crippen LogP contribution is 2.31. The predicted molar refractivity (Wildman–Crippen MR) is 113 cm³/mol. The van der Waals surface area contributed by atoms with Crippen LogP contribution in [-0.2, 0) is 18.3 Å². The number of fused-ring (bicyclic) bond motifs is 2. The van der Waals surface area contributed by atoms with E-state index in [4.69, 9.17) is 0 Å². The van der Waals surface area contributed by atoms with Gasteiger partial charge >= 0.3 is 0 Å². The Kier molecular flexibility index (Phi) is 4.84. The van der Waals surface area contributed by atoms with Crippen molar-refractivity contribution in [3.05, 3.63) is 51.1 Å². The summed E-state index contributed by atoms with van der Waals surface area (Å²) in [7, 11) is 1.68. The van der Waals surface area contributed by atoms with Crippen molar-refractivity contribution in [3.63, 3.8) is 0 Å². The van der Waals surface area contributed by atoms with E-state index in [-0.39, 0.29) is 17.2 Å². The number of hydrogen-bond donors (Lipinski definition) is 0. The van der Waals surface area contributed by atoms with Crippen LogP contribution in [-0.4, -0.2) is 33.0 Å². The zero-order valence-electron chi connectivity index (χ0n) is 15.8. The van der Waals surface area contributed by atoms with Crippen LogP contribution < -0.4 is 10.5 Å². The lowest BCUT2D eigenvalue weighted by Crippen LogP contribution is -2.25. The molecule has 0 aliphatic carbocycles. The summed E-state index contributed by atoms with van der Waals surface area (Å²) in [5.74, 6) is -0.00805. The lowest BCUT2D eigenvalue weighted by atomic mass is 10.0. The Morgan fingerprint density at radius 2 is 2.07 bits per heavy atom. The molecule has 1 amide bonds. The minimum atomic E-state index is -0.391. The number of benzene rings is 1. The molecule has 3 aromatic rings. The van der Waals surface area contributed by atoms with E-state index in [1.54, 1.807) is 24.9 Å². The summed E-state index contributed by atoms with van der Waals surface area (Å²) in [6, 6.07) is 7.32. The fraction of sp³-hybridized carbons (Fsp3) is 0.300. The minimum absolute atomic E-state index is 0.0116. The SMILES string of the molecule is CC(=O)N1CCc2cc(C(=O)[C@@H](C)Sc3nc4ccsc4c(=O)n3C)ccc21. The van der Waals surface area contributed by atoms with Crippen molar-refractivity contribution in [2.24, 2.45) is 7.05 Å². The Morgan fingerprint density at radius 1 is 1.29 bits per heavy atom. The second kappa shape index (κ2) is 7.18. The highest BCUT2D eigenvalue weighted by atomic mass is 32.2. The number of hydrogen-bond acceptors (Lipinski definition) is 6. The number of carbonyl (C=O) groups is 2. The van der Waals surface area contributed by atoms with Crippen molar-refractivity contribution < 1.29 is 9.59 Å². The third-order valence-electron chi connectivity index (χ3n) is 4.94. The smallest absolute Gasteiger partial charge is 0.271 e. The highest BCUT2D eigenvalue weighted by Gasteiger charge is 2.25. The molecule has 28 heavy (non-hydrogen) atoms. The second-order valence-electron chi connectivity index (χ2n) is 6.78. The summed E-state index contributed by atoms with van der Waals surface area (Å²) in [4.78, 5) is 43.4. The van der Waals surface area contributed by atoms with Gasteiger partial charge < -0.3 is 4.90 Å². The zero-order chi connectivity index (χ0) is 20.0. The first-order valence-electron chi connectivity index (χ1n) is 8.93. The van der Waals surface area contributed by atoms with Crippen LogP contribution in [0.1, 0.15) is 29.8 Å². The Balaban J connectivity index is 1.59. The number of ketones is 1. The number of anilines is 1. The van der Waals surface area contributed by atoms with Gasteiger partial charge in [-0.1, -0.05) is 11.8 Å². The van der Waals surface area contributed by atoms with Gasteiger partial charge in [0, 0.05) is 31.8 Å². The van der Waals surface area contributed by atoms with Gasteiger partial charge in [0.1, 0.15) is 4.70 Å². The largest absolute Gasteiger partial charge is 0.312 e. The maximum Gasteiger partial charge on any atom is 0.271 e. The third-order valence-corrected chi connectivity index (χ3v) is 6.97. The normalized spacial score (nSPS) is 14.3. The molecule has 0 unspecified atom stereocenters. The van der Waals surface area contributed by atoms with E-state index in [2.05, 4.69) is 4.98 Å². The number of nitrogens with zero attached hydrogens (tertiary/aromatic N) is 3. The Morgan fingerprint density at radius 3 is 2.82 bits per heavy atom. The van der Waals surface area contributed by atoms with E-state index in [1.165, 1.54) is 27.7 Å². The van der Waals surface area contributed by atoms with Crippen molar-refractivity contribution in [2.75, 3.05) is 11.4 Å². The van der Waals surface area contributed by atoms with Crippen LogP contribution in [0.2, 0.25) is 0 Å². The second-order valence-corrected chi connectivity index (χ2v) is 9.01. The average molecular weight is 414 g/mol. The molecule has 8 heteroatoms. The van der Waals surface area contributed by atoms with Gasteiger partial charge in [-0.2, -0.15) is 0 Å². The lowest BCUT2D eigenvalue weighted by molar-refractivity contribution is -0.116. The zero-order valence-corrected chi connectivity index (χ0v) is 17.4. The Hall–Kier alpha value is -2.45. The molecule has 6 nitrogen and oxygen atoms in total. The number of thioether (sulfide) groups is 1. The molecular formula is C20H19N3O3S2. The van der Waals surface area contributed by atoms with Crippen molar-refractivity contribution >= 4 is 50.7 Å². The average Bonchev–Trinajstić information content (AvgIpc) is 3.31. The van der Waals surface area contributed by atoms with Gasteiger partial charge in [-0.15, -0.1) is 11.3 Å². The van der Waals surface area contributed by atoms with Crippen LogP contribution in [0.5, 0.6) is 0 Å². The summed E-state index contributed by atoms with van der Waals surface area (Å²) in [5, 5.41) is 1.98. The van der Waals surface area contributed by atoms with Crippen molar-refractivity contribution in [3.8, 4) is 0 Å². The van der Waals surface area contributed by atoms with Gasteiger partial charge in [0.05, 0.1) is 10.8 Å². The quantitative estimate of drug-likeness (QED) is 0.373. The Bertz CT molecular complexity index is 1170. The van der Waals surface area contributed by atoms with Gasteiger partial charge in [-0.05, 0) is 48.6 Å². The summed E-state index contributed by atoms with van der Waals surface area (Å²) < 4.78 is 2.13. The molecule has 0 bridgehead atoms. The number of rotatable bonds is 4. The number of Topliss-reactive ketones (excluding diaryl/α,β-unsaturated/α-hetero) is 1. The minimum Gasteiger partial charge on any atom is -0.312 e. The maximum atomic E-state index is 13.0. The summed E-state index contributed by atoms with van der Waals surface area (Å²) in [6.45, 7) is 4.03. The standard InChI is InChI=1S/C20H19N3O3S2/c1-11(28-20-21-15-7-9-27-18(15)19(26)22(20)3)17(25)14-4-5-16-13(10-14)6-8-23(16)12(2)24/h4-5,7,9-11H,6,8H2,1-3H3/t11-/m1/s1. The van der Waals surface area contributed by atoms with E-state index in [1.807, 2.05) is 30.5 Å². The lowest BCUT2D eigenvalue weighted by Gasteiger charge is -2.16. The van der Waals surface area contributed by atoms with E-state index < -0.39 is 5.25 Å². The maximum absolute atomic E-state index is 13.0. The molecule has 2 aromatic heterocycles. The summed E-state index contributed by atoms with van der Waals surface area (Å²) >= 11 is 2.66. The monoisotopic (exact) mass is 413 g/mol. The van der Waals surface area contributed by atoms with Gasteiger partial charge in [0.25, 0.3) is 5.56 Å². The third kappa shape index (κ3) is 3.16. The van der Waals surface area contributed by atoms with Gasteiger partial charge in [0.2, 0.25) is 5.91 Å². The number of amides is 1. The molecule has 0 saturated heterocycles. The van der Waals surface area contributed by atoms with Crippen LogP contribution in [0, 0.1) is 0 Å². The van der Waals surface area contributed by atoms with Gasteiger partial charge in [0.15, 0.2) is 10.9 Å². The topological polar surface area (TPSA) is 72.3 Å². The van der Waals surface area contributed by atoms with Crippen LogP contribution in [0.15, 0.2) is 39.6 Å². The molecule has 0 saturated carbocycles. The molecule has 1 atom stereocenters. The van der Waals surface area contributed by atoms with E-state index in [0.717, 1.165) is 17.7 Å². The molecule has 0 spiro atoms. The van der Waals surface area contributed by atoms with Gasteiger partial charge in [-0.25, -0.2) is 4.98 Å². The van der Waals surface area contributed by atoms with Crippen LogP contribution in [0.3, 0.4) is 0 Å². The summed E-state index contributed by atoms with van der Waals surface area (Å²) in [5.41, 5.74) is 3.09. The molecule has 0 N–H and O–H groups in total. The molecule has 0 radical (unpaired) electrons. The first-order chi connectivity index (χ1) is 13.4. The van der Waals surface area contributed by atoms with E-state index in [9.17, 15) is 14.4 Å². The first kappa shape index (κ1) is 18.9. The fourth-order valence-electron chi connectivity index (χ4n) is 3.40. The molecule has 1 aliphatic rings. The number of carbonyl (C=O) groups excluding carboxylic acids is 2. The molecule has 1 aliphatic heterocycles. The highest BCUT2D eigenvalue weighted by molar-refractivity contribution is 8.00. The fourth-order valence-corrected chi connectivity index (χ4v) is 5.16. The van der Waals surface area contributed by atoms with Crippen molar-refractivity contribution in [2.45, 2.75) is 30.7 Å². The van der Waals surface area contributed by atoms with Crippen molar-refractivity contribution in [1.29, 1.82) is 0 Å². The molecule has 1 aromatic carbocycles. The molecule has 0 fully saturated rings. The molecule has 3 heterocycles. The van der Waals surface area contributed by atoms with E-state index >= 15 is 0 Å². The van der Waals surface area contributed by atoms with Crippen LogP contribution >= 0.6 is 23.1 Å². The molecule has 4 rings (SSSR count). The predicted octanol–water partition coefficient (Wildman–Crippen LogP) is 3.27. The molecule has 144 valence electrons. The summed E-state index contributed by atoms with van der Waals surface area (Å²) in [6.07, 6.45) is 0.752. The van der Waals surface area contributed by atoms with Crippen LogP contribution in [0.4, 0.5) is 5.69 Å². The first-order valence-corrected chi connectivity index (χ1v) is 10.7. The van der Waals surface area contributed by atoms with Crippen LogP contribution in [0.25, 0.3) is 10.2 Å². The van der Waals surface area contributed by atoms with E-state index in [0.29, 0.717) is 27.5 Å². The number of thiophene rings is 1. The van der Waals surface area contributed by atoms with Gasteiger partial charge in [-0.3, -0.25) is 19.0 Å². The molecular weight excluding hydrogens is 394 g/mol.